The molecule has 0 atom stereocenters. The molecule has 1 fully saturated rings. The highest BCUT2D eigenvalue weighted by Crippen LogP contribution is 2.29. The van der Waals surface area contributed by atoms with Crippen LogP contribution in [0.3, 0.4) is 0 Å². The summed E-state index contributed by atoms with van der Waals surface area (Å²) in [6, 6.07) is 12.2. The lowest BCUT2D eigenvalue weighted by molar-refractivity contribution is 0.268. The van der Waals surface area contributed by atoms with Crippen LogP contribution >= 0.6 is 0 Å². The molecule has 3 nitrogen and oxygen atoms in total. The first kappa shape index (κ1) is 10.4. The summed E-state index contributed by atoms with van der Waals surface area (Å²) in [6.45, 7) is 0.971. The van der Waals surface area contributed by atoms with Crippen LogP contribution in [0, 0.1) is 5.92 Å². The minimum Gasteiger partial charge on any atom is -0.384 e. The first-order valence-corrected chi connectivity index (χ1v) is 6.21. The highest BCUT2D eigenvalue weighted by atomic mass is 15.3. The third kappa shape index (κ3) is 2.05. The van der Waals surface area contributed by atoms with E-state index in [9.17, 15) is 0 Å². The monoisotopic (exact) mass is 227 g/mol. The maximum Gasteiger partial charge on any atom is 0.122 e. The van der Waals surface area contributed by atoms with Crippen molar-refractivity contribution in [1.29, 1.82) is 0 Å². The Hall–Kier alpha value is -1.77. The number of rotatable bonds is 3. The maximum absolute atomic E-state index is 6.01. The summed E-state index contributed by atoms with van der Waals surface area (Å²) < 4.78 is 1.95. The second kappa shape index (κ2) is 4.24. The van der Waals surface area contributed by atoms with E-state index in [4.69, 9.17) is 5.73 Å². The van der Waals surface area contributed by atoms with Gasteiger partial charge in [0.15, 0.2) is 0 Å². The molecule has 3 heteroatoms. The van der Waals surface area contributed by atoms with Crippen molar-refractivity contribution in [3.63, 3.8) is 0 Å². The molecule has 3 rings (SSSR count). The molecule has 0 unspecified atom stereocenters. The van der Waals surface area contributed by atoms with E-state index in [-0.39, 0.29) is 0 Å². The Labute approximate surface area is 101 Å². The van der Waals surface area contributed by atoms with Gasteiger partial charge in [-0.05, 0) is 18.8 Å². The molecule has 0 amide bonds. The van der Waals surface area contributed by atoms with Crippen LogP contribution in [0.5, 0.6) is 0 Å². The van der Waals surface area contributed by atoms with Crippen molar-refractivity contribution in [2.24, 2.45) is 5.92 Å². The molecule has 1 aromatic heterocycles. The molecule has 17 heavy (non-hydrogen) atoms. The van der Waals surface area contributed by atoms with E-state index >= 15 is 0 Å². The predicted octanol–water partition coefficient (Wildman–Crippen LogP) is 2.93. The average Bonchev–Trinajstić information content (AvgIpc) is 2.67. The number of benzene rings is 1. The van der Waals surface area contributed by atoms with Gasteiger partial charge in [-0.1, -0.05) is 36.8 Å². The van der Waals surface area contributed by atoms with Crippen molar-refractivity contribution in [1.82, 2.24) is 9.78 Å². The molecule has 0 spiro atoms. The third-order valence-corrected chi connectivity index (χ3v) is 3.54. The van der Waals surface area contributed by atoms with Crippen LogP contribution in [0.15, 0.2) is 36.4 Å². The number of nitrogens with zero attached hydrogens (tertiary/aromatic N) is 2. The Bertz CT molecular complexity index is 497. The fourth-order valence-electron chi connectivity index (χ4n) is 2.25. The van der Waals surface area contributed by atoms with Crippen molar-refractivity contribution in [3.8, 4) is 11.3 Å². The molecule has 1 saturated carbocycles. The molecule has 0 aliphatic heterocycles. The second-order valence-corrected chi connectivity index (χ2v) is 4.80. The summed E-state index contributed by atoms with van der Waals surface area (Å²) >= 11 is 0. The van der Waals surface area contributed by atoms with Gasteiger partial charge in [-0.15, -0.1) is 0 Å². The Balaban J connectivity index is 1.84. The molecular formula is C14H17N3. The van der Waals surface area contributed by atoms with Crippen LogP contribution < -0.4 is 5.73 Å². The van der Waals surface area contributed by atoms with Gasteiger partial charge in [0.1, 0.15) is 5.82 Å². The number of hydrogen-bond donors (Lipinski definition) is 1. The van der Waals surface area contributed by atoms with E-state index in [1.165, 1.54) is 19.3 Å². The van der Waals surface area contributed by atoms with Crippen LogP contribution in [-0.2, 0) is 6.54 Å². The van der Waals surface area contributed by atoms with Crippen LogP contribution in [0.25, 0.3) is 11.3 Å². The number of anilines is 1. The Kier molecular flexibility index (Phi) is 2.59. The topological polar surface area (TPSA) is 43.8 Å². The van der Waals surface area contributed by atoms with Gasteiger partial charge in [0.25, 0.3) is 0 Å². The molecule has 0 saturated heterocycles. The molecule has 2 N–H and O–H groups in total. The van der Waals surface area contributed by atoms with Crippen LogP contribution in [-0.4, -0.2) is 9.78 Å². The van der Waals surface area contributed by atoms with Gasteiger partial charge in [0, 0.05) is 18.2 Å². The van der Waals surface area contributed by atoms with E-state index in [0.29, 0.717) is 0 Å². The zero-order valence-electron chi connectivity index (χ0n) is 9.84. The highest BCUT2D eigenvalue weighted by molar-refractivity contribution is 5.62. The summed E-state index contributed by atoms with van der Waals surface area (Å²) in [7, 11) is 0. The fourth-order valence-corrected chi connectivity index (χ4v) is 2.25. The number of nitrogen functional groups attached to an aromatic ring is 1. The zero-order chi connectivity index (χ0) is 11.7. The SMILES string of the molecule is Nc1cc(-c2ccccc2)nn1CC1CCC1. The van der Waals surface area contributed by atoms with Crippen molar-refractivity contribution < 1.29 is 0 Å². The molecule has 0 radical (unpaired) electrons. The fraction of sp³-hybridized carbons (Fsp3) is 0.357. The standard InChI is InChI=1S/C14H17N3/c15-14-9-13(12-7-2-1-3-8-12)16-17(14)10-11-5-4-6-11/h1-3,7-9,11H,4-6,10,15H2. The van der Waals surface area contributed by atoms with Crippen LogP contribution in [0.1, 0.15) is 19.3 Å². The summed E-state index contributed by atoms with van der Waals surface area (Å²) in [5, 5.41) is 4.59. The summed E-state index contributed by atoms with van der Waals surface area (Å²) in [5.74, 6) is 1.55. The minimum absolute atomic E-state index is 0.774. The molecular weight excluding hydrogens is 210 g/mol. The van der Waals surface area contributed by atoms with Gasteiger partial charge in [-0.25, -0.2) is 4.68 Å². The molecule has 1 aliphatic carbocycles. The van der Waals surface area contributed by atoms with E-state index in [1.807, 2.05) is 28.9 Å². The normalized spacial score (nSPS) is 15.8. The second-order valence-electron chi connectivity index (χ2n) is 4.80. The average molecular weight is 227 g/mol. The predicted molar refractivity (Wildman–Crippen MR) is 69.4 cm³/mol. The van der Waals surface area contributed by atoms with Gasteiger partial charge >= 0.3 is 0 Å². The maximum atomic E-state index is 6.01. The lowest BCUT2D eigenvalue weighted by Gasteiger charge is -2.25. The van der Waals surface area contributed by atoms with E-state index in [2.05, 4.69) is 17.2 Å². The minimum atomic E-state index is 0.774. The molecule has 1 aromatic carbocycles. The van der Waals surface area contributed by atoms with E-state index in [0.717, 1.165) is 29.5 Å². The molecule has 2 aromatic rings. The van der Waals surface area contributed by atoms with Crippen molar-refractivity contribution in [2.75, 3.05) is 5.73 Å². The highest BCUT2D eigenvalue weighted by Gasteiger charge is 2.19. The smallest absolute Gasteiger partial charge is 0.122 e. The van der Waals surface area contributed by atoms with Gasteiger partial charge in [0.05, 0.1) is 5.69 Å². The van der Waals surface area contributed by atoms with Crippen molar-refractivity contribution >= 4 is 5.82 Å². The van der Waals surface area contributed by atoms with Gasteiger partial charge in [0.2, 0.25) is 0 Å². The van der Waals surface area contributed by atoms with Crippen molar-refractivity contribution in [3.05, 3.63) is 36.4 Å². The third-order valence-electron chi connectivity index (χ3n) is 3.54. The first-order valence-electron chi connectivity index (χ1n) is 6.21. The quantitative estimate of drug-likeness (QED) is 0.876. The number of hydrogen-bond acceptors (Lipinski definition) is 2. The summed E-state index contributed by atoms with van der Waals surface area (Å²) in [6.07, 6.45) is 4.00. The first-order chi connectivity index (χ1) is 8.33. The molecule has 88 valence electrons. The molecule has 1 heterocycles. The Morgan fingerprint density at radius 2 is 2.00 bits per heavy atom. The van der Waals surface area contributed by atoms with E-state index < -0.39 is 0 Å². The van der Waals surface area contributed by atoms with Gasteiger partial charge < -0.3 is 5.73 Å². The van der Waals surface area contributed by atoms with Crippen LogP contribution in [0.4, 0.5) is 5.82 Å². The van der Waals surface area contributed by atoms with Gasteiger partial charge in [-0.2, -0.15) is 5.10 Å². The van der Waals surface area contributed by atoms with E-state index in [1.54, 1.807) is 0 Å². The Morgan fingerprint density at radius 1 is 1.24 bits per heavy atom. The number of nitrogens with two attached hydrogens (primary N) is 1. The number of aromatic nitrogens is 2. The Morgan fingerprint density at radius 3 is 2.65 bits per heavy atom. The summed E-state index contributed by atoms with van der Waals surface area (Å²) in [4.78, 5) is 0. The summed E-state index contributed by atoms with van der Waals surface area (Å²) in [5.41, 5.74) is 8.11. The van der Waals surface area contributed by atoms with Crippen LogP contribution in [0.2, 0.25) is 0 Å². The lowest BCUT2D eigenvalue weighted by atomic mass is 9.85. The zero-order valence-corrected chi connectivity index (χ0v) is 9.84. The van der Waals surface area contributed by atoms with Gasteiger partial charge in [-0.3, -0.25) is 0 Å². The lowest BCUT2D eigenvalue weighted by Crippen LogP contribution is -2.19. The largest absolute Gasteiger partial charge is 0.384 e. The molecule has 0 bridgehead atoms. The van der Waals surface area contributed by atoms with Crippen molar-refractivity contribution in [2.45, 2.75) is 25.8 Å². The molecule has 1 aliphatic rings.